The smallest absolute Gasteiger partial charge is 0.496 e. The van der Waals surface area contributed by atoms with Gasteiger partial charge in [-0.2, -0.15) is 21.6 Å². The molecule has 0 fully saturated rings. The maximum Gasteiger partial charge on any atom is 0.534 e. The Bertz CT molecular complexity index is 1440. The lowest BCUT2D eigenvalue weighted by molar-refractivity contribution is -0.0500. The SMILES string of the molecule is CC(C)c1ccc(OS(=O)(=O)C(F)(F)F)cc1.CC(C)c1ccc([S@@](=O)C(C)(C)C)cc1.COc1ccc(C(C)C)cc1C. The molecule has 0 amide bonds. The number of benzene rings is 3. The fourth-order valence-corrected chi connectivity index (χ4v) is 5.22. The second kappa shape index (κ2) is 16.5. The summed E-state index contributed by atoms with van der Waals surface area (Å²) in [4.78, 5) is 0.923. The molecule has 0 heterocycles. The van der Waals surface area contributed by atoms with Crippen molar-refractivity contribution in [3.05, 3.63) is 89.0 Å². The molecule has 0 aliphatic heterocycles. The Morgan fingerprint density at radius 3 is 1.45 bits per heavy atom. The molecule has 3 aromatic rings. The third-order valence-corrected chi connectivity index (χ3v) is 9.23. The van der Waals surface area contributed by atoms with Gasteiger partial charge in [0.05, 0.1) is 17.9 Å². The van der Waals surface area contributed by atoms with Crippen molar-refractivity contribution >= 4 is 20.9 Å². The van der Waals surface area contributed by atoms with Crippen LogP contribution in [0.4, 0.5) is 13.2 Å². The molecule has 0 saturated carbocycles. The molecule has 0 saturated heterocycles. The van der Waals surface area contributed by atoms with E-state index in [0.717, 1.165) is 16.2 Å². The summed E-state index contributed by atoms with van der Waals surface area (Å²) < 4.78 is 78.4. The highest BCUT2D eigenvalue weighted by Gasteiger charge is 2.48. The Labute approximate surface area is 264 Å². The molecular weight excluding hydrogens is 609 g/mol. The molecule has 10 heteroatoms. The predicted molar refractivity (Wildman–Crippen MR) is 175 cm³/mol. The van der Waals surface area contributed by atoms with E-state index in [0.29, 0.717) is 11.8 Å². The van der Waals surface area contributed by atoms with E-state index in [1.807, 2.05) is 52.8 Å². The predicted octanol–water partition coefficient (Wildman–Crippen LogP) is 9.88. The first-order chi connectivity index (χ1) is 20.1. The number of alkyl halides is 3. The summed E-state index contributed by atoms with van der Waals surface area (Å²) in [6.07, 6.45) is 0. The fourth-order valence-electron chi connectivity index (χ4n) is 3.67. The van der Waals surface area contributed by atoms with Gasteiger partial charge >= 0.3 is 15.6 Å². The zero-order valence-corrected chi connectivity index (χ0v) is 29.2. The summed E-state index contributed by atoms with van der Waals surface area (Å²) in [5.74, 6) is 1.94. The van der Waals surface area contributed by atoms with Crippen molar-refractivity contribution in [3.8, 4) is 11.5 Å². The number of hydrogen-bond donors (Lipinski definition) is 0. The molecule has 246 valence electrons. The molecule has 0 aliphatic rings. The van der Waals surface area contributed by atoms with Crippen LogP contribution in [0.25, 0.3) is 0 Å². The molecule has 5 nitrogen and oxygen atoms in total. The Balaban J connectivity index is 0.000000335. The van der Waals surface area contributed by atoms with Gasteiger partial charge in [-0.15, -0.1) is 0 Å². The second-order valence-corrected chi connectivity index (χ2v) is 16.0. The summed E-state index contributed by atoms with van der Waals surface area (Å²) >= 11 is 0. The summed E-state index contributed by atoms with van der Waals surface area (Å²) in [6.45, 7) is 20.6. The van der Waals surface area contributed by atoms with Gasteiger partial charge in [-0.1, -0.05) is 77.9 Å². The first kappa shape index (κ1) is 39.2. The van der Waals surface area contributed by atoms with E-state index in [2.05, 4.69) is 63.1 Å². The summed E-state index contributed by atoms with van der Waals surface area (Å²) in [5, 5.41) is 0. The Morgan fingerprint density at radius 2 is 1.11 bits per heavy atom. The van der Waals surface area contributed by atoms with Crippen LogP contribution in [-0.2, 0) is 20.9 Å². The summed E-state index contributed by atoms with van der Waals surface area (Å²) in [7, 11) is -4.80. The lowest BCUT2D eigenvalue weighted by Gasteiger charge is -2.18. The van der Waals surface area contributed by atoms with Crippen molar-refractivity contribution in [2.45, 2.75) is 102 Å². The van der Waals surface area contributed by atoms with Crippen molar-refractivity contribution in [2.75, 3.05) is 7.11 Å². The Kier molecular flexibility index (Phi) is 14.7. The van der Waals surface area contributed by atoms with Crippen LogP contribution in [0.3, 0.4) is 0 Å². The van der Waals surface area contributed by atoms with Crippen molar-refractivity contribution < 1.29 is 34.7 Å². The maximum absolute atomic E-state index is 12.1. The molecule has 0 aromatic heterocycles. The van der Waals surface area contributed by atoms with Crippen molar-refractivity contribution in [1.82, 2.24) is 0 Å². The van der Waals surface area contributed by atoms with E-state index >= 15 is 0 Å². The summed E-state index contributed by atoms with van der Waals surface area (Å²) in [5.41, 5.74) is -0.660. The highest BCUT2D eigenvalue weighted by atomic mass is 32.2. The van der Waals surface area contributed by atoms with E-state index in [9.17, 15) is 25.8 Å². The van der Waals surface area contributed by atoms with Crippen LogP contribution in [-0.4, -0.2) is 30.0 Å². The van der Waals surface area contributed by atoms with E-state index < -0.39 is 26.4 Å². The van der Waals surface area contributed by atoms with Crippen LogP contribution >= 0.6 is 0 Å². The highest BCUT2D eigenvalue weighted by molar-refractivity contribution is 7.88. The van der Waals surface area contributed by atoms with Crippen LogP contribution in [0.15, 0.2) is 71.6 Å². The molecular formula is C34H47F3O5S2. The second-order valence-electron chi connectivity index (χ2n) is 12.2. The summed E-state index contributed by atoms with van der Waals surface area (Å²) in [6, 6.07) is 19.9. The standard InChI is InChI=1S/C13H20OS.C11H16O.C10H11F3O3S/c1-10(2)11-6-8-12(9-7-11)15(14)13(3,4)5;1-8(2)10-5-6-11(12-4)9(3)7-10;1-7(2)8-3-5-9(6-4-8)16-17(14,15)10(11,12)13/h6-10H,1-5H3;5-8H,1-4H3;3-7H,1-2H3/t15-;;/m1../s1. The Morgan fingerprint density at radius 1 is 0.705 bits per heavy atom. The number of rotatable bonds is 7. The number of halogens is 3. The number of methoxy groups -OCH3 is 1. The van der Waals surface area contributed by atoms with Gasteiger partial charge < -0.3 is 8.92 Å². The quantitative estimate of drug-likeness (QED) is 0.187. The minimum absolute atomic E-state index is 0.181. The number of aryl methyl sites for hydroxylation is 1. The average Bonchev–Trinajstić information content (AvgIpc) is 2.92. The van der Waals surface area contributed by atoms with Gasteiger partial charge in [0.25, 0.3) is 0 Å². The molecule has 44 heavy (non-hydrogen) atoms. The highest BCUT2D eigenvalue weighted by Crippen LogP contribution is 2.28. The molecule has 0 unspecified atom stereocenters. The molecule has 0 bridgehead atoms. The molecule has 0 radical (unpaired) electrons. The van der Waals surface area contributed by atoms with Crippen LogP contribution in [0.1, 0.15) is 102 Å². The zero-order chi connectivity index (χ0) is 34.0. The van der Waals surface area contributed by atoms with Gasteiger partial charge in [0.15, 0.2) is 0 Å². The molecule has 3 aromatic carbocycles. The van der Waals surface area contributed by atoms with Crippen LogP contribution in [0.2, 0.25) is 0 Å². The molecule has 0 aliphatic carbocycles. The van der Waals surface area contributed by atoms with Crippen LogP contribution in [0, 0.1) is 6.92 Å². The molecule has 0 N–H and O–H groups in total. The van der Waals surface area contributed by atoms with E-state index in [4.69, 9.17) is 4.74 Å². The lowest BCUT2D eigenvalue weighted by Crippen LogP contribution is -2.28. The number of ether oxygens (including phenoxy) is 1. The van der Waals surface area contributed by atoms with Gasteiger partial charge in [-0.05, 0) is 98.0 Å². The topological polar surface area (TPSA) is 69.7 Å². The molecule has 0 spiro atoms. The number of hydrogen-bond acceptors (Lipinski definition) is 5. The molecule has 3 rings (SSSR count). The van der Waals surface area contributed by atoms with Gasteiger partial charge in [-0.25, -0.2) is 0 Å². The third-order valence-electron chi connectivity index (χ3n) is 6.44. The average molecular weight is 657 g/mol. The zero-order valence-electron chi connectivity index (χ0n) is 27.6. The first-order valence-electron chi connectivity index (χ1n) is 14.4. The fraction of sp³-hybridized carbons (Fsp3) is 0.471. The van der Waals surface area contributed by atoms with Gasteiger partial charge in [0.1, 0.15) is 11.5 Å². The minimum atomic E-state index is -5.58. The Hall–Kier alpha value is -2.85. The normalized spacial score (nSPS) is 12.7. The van der Waals surface area contributed by atoms with Crippen molar-refractivity contribution in [3.63, 3.8) is 0 Å². The van der Waals surface area contributed by atoms with Gasteiger partial charge in [-0.3, -0.25) is 4.21 Å². The van der Waals surface area contributed by atoms with E-state index in [1.165, 1.54) is 41.0 Å². The minimum Gasteiger partial charge on any atom is -0.496 e. The van der Waals surface area contributed by atoms with E-state index in [1.54, 1.807) is 7.11 Å². The van der Waals surface area contributed by atoms with Gasteiger partial charge in [0.2, 0.25) is 0 Å². The third kappa shape index (κ3) is 12.3. The largest absolute Gasteiger partial charge is 0.534 e. The van der Waals surface area contributed by atoms with E-state index in [-0.39, 0.29) is 16.4 Å². The maximum atomic E-state index is 12.1. The van der Waals surface area contributed by atoms with Gasteiger partial charge in [0, 0.05) is 9.64 Å². The first-order valence-corrected chi connectivity index (χ1v) is 16.9. The van der Waals surface area contributed by atoms with Crippen molar-refractivity contribution in [1.29, 1.82) is 0 Å². The van der Waals surface area contributed by atoms with Crippen molar-refractivity contribution in [2.24, 2.45) is 0 Å². The van der Waals surface area contributed by atoms with Crippen LogP contribution in [0.5, 0.6) is 11.5 Å². The van der Waals surface area contributed by atoms with Crippen LogP contribution < -0.4 is 8.92 Å². The molecule has 1 atom stereocenters. The monoisotopic (exact) mass is 656 g/mol. The lowest BCUT2D eigenvalue weighted by atomic mass is 10.0.